The summed E-state index contributed by atoms with van der Waals surface area (Å²) in [5.41, 5.74) is -5.10. The maximum atomic E-state index is 16.2. The van der Waals surface area contributed by atoms with E-state index >= 15 is 8.78 Å². The van der Waals surface area contributed by atoms with E-state index in [-0.39, 0.29) is 18.4 Å². The van der Waals surface area contributed by atoms with Crippen molar-refractivity contribution in [3.63, 3.8) is 0 Å². The van der Waals surface area contributed by atoms with Crippen molar-refractivity contribution in [1.82, 2.24) is 24.9 Å². The number of fused-ring (bicyclic) bond motifs is 5. The van der Waals surface area contributed by atoms with Crippen LogP contribution in [0.5, 0.6) is 11.6 Å². The molecule has 5 aliphatic rings. The number of rotatable bonds is 8. The van der Waals surface area contributed by atoms with Crippen molar-refractivity contribution in [2.45, 2.75) is 126 Å². The summed E-state index contributed by atoms with van der Waals surface area (Å²) in [6.45, 7) is 3.84. The molecule has 2 aliphatic heterocycles. The lowest BCUT2D eigenvalue weighted by atomic mass is 9.85. The standard InChI is InChI=1S/C39H44F7N5O10S/c1-36(2,3)30-33(53)51-18-20(15-25(51)26(52)17-37(16-22(37)31(40)41)34(54)50-62(56,57)21-9-10-21)59-32-29(47-24-14-19(61-39(44,45)46)8-11-23(24)48-32)38(42,43)12-5-13-58-27-6-4-7-28(27)60-35(55)49-30/h5,8,11-12,14,20-22,25,27-28,30-31H,4,6-7,9-10,13,15-18H2,1-3H3,(H,49,55)(H,50,54)/b12-5+/t20-,22+,25+,27-,28-,30-,37-/m1/s1. The predicted octanol–water partition coefficient (Wildman–Crippen LogP) is 5.46. The van der Waals surface area contributed by atoms with Crippen molar-refractivity contribution >= 4 is 44.7 Å². The number of nitrogens with zero attached hydrogens (tertiary/aromatic N) is 3. The van der Waals surface area contributed by atoms with Gasteiger partial charge in [0, 0.05) is 24.8 Å². The Hall–Kier alpha value is -4.80. The third-order valence-corrected chi connectivity index (χ3v) is 13.5. The van der Waals surface area contributed by atoms with Gasteiger partial charge in [0.05, 0.1) is 47.0 Å². The number of carbonyl (C=O) groups is 4. The SMILES string of the molecule is CC(C)(C)[C@@H]1NC(=O)O[C@@H]2CCC[C@H]2OC/C=C/C(F)(F)c2nc3cc(OC(F)(F)F)ccc3nc2O[C@@H]2C[C@@H](C(=O)C[C@]3(C(=O)NS(=O)(=O)C4CC4)C[C@H]3C(F)F)N(C2)C1=O. The zero-order chi connectivity index (χ0) is 45.2. The van der Waals surface area contributed by atoms with Crippen LogP contribution >= 0.6 is 0 Å². The van der Waals surface area contributed by atoms with Crippen molar-refractivity contribution in [2.75, 3.05) is 13.2 Å². The first-order valence-electron chi connectivity index (χ1n) is 19.9. The van der Waals surface area contributed by atoms with Crippen molar-refractivity contribution in [3.8, 4) is 11.6 Å². The van der Waals surface area contributed by atoms with Crippen molar-refractivity contribution in [1.29, 1.82) is 0 Å². The van der Waals surface area contributed by atoms with Crippen molar-refractivity contribution in [3.05, 3.63) is 36.0 Å². The number of alkyl carbamates (subject to hydrolysis) is 1. The number of amides is 3. The Morgan fingerprint density at radius 3 is 2.39 bits per heavy atom. The number of benzene rings is 1. The second-order valence-corrected chi connectivity index (χ2v) is 19.4. The molecular formula is C39H44F7N5O10S. The predicted molar refractivity (Wildman–Crippen MR) is 200 cm³/mol. The van der Waals surface area contributed by atoms with Gasteiger partial charge >= 0.3 is 18.4 Å². The van der Waals surface area contributed by atoms with E-state index in [0.29, 0.717) is 25.3 Å². The quantitative estimate of drug-likeness (QED) is 0.252. The number of ketones is 1. The highest BCUT2D eigenvalue weighted by Gasteiger charge is 2.66. The summed E-state index contributed by atoms with van der Waals surface area (Å²) in [5, 5.41) is 1.67. The summed E-state index contributed by atoms with van der Waals surface area (Å²) in [6, 6.07) is -0.422. The molecule has 1 aromatic heterocycles. The van der Waals surface area contributed by atoms with Gasteiger partial charge in [-0.1, -0.05) is 26.8 Å². The van der Waals surface area contributed by atoms with Gasteiger partial charge in [-0.3, -0.25) is 19.1 Å². The molecule has 2 aromatic rings. The van der Waals surface area contributed by atoms with Gasteiger partial charge in [-0.05, 0) is 62.1 Å². The van der Waals surface area contributed by atoms with E-state index in [1.807, 2.05) is 4.72 Å². The van der Waals surface area contributed by atoms with Gasteiger partial charge in [0.2, 0.25) is 34.1 Å². The second kappa shape index (κ2) is 16.4. The Morgan fingerprint density at radius 2 is 1.74 bits per heavy atom. The lowest BCUT2D eigenvalue weighted by Gasteiger charge is -2.35. The molecule has 2 bridgehead atoms. The summed E-state index contributed by atoms with van der Waals surface area (Å²) < 4.78 is 149. The number of aromatic nitrogens is 2. The molecule has 0 spiro atoms. The number of hydrogen-bond donors (Lipinski definition) is 2. The zero-order valence-corrected chi connectivity index (χ0v) is 34.4. The molecule has 340 valence electrons. The van der Waals surface area contributed by atoms with Crippen molar-refractivity contribution < 1.29 is 77.3 Å². The molecule has 3 saturated carbocycles. The fourth-order valence-corrected chi connectivity index (χ4v) is 9.59. The average molecular weight is 908 g/mol. The van der Waals surface area contributed by atoms with Crippen LogP contribution in [0.4, 0.5) is 35.5 Å². The zero-order valence-electron chi connectivity index (χ0n) is 33.6. The number of alkyl halides is 7. The Kier molecular flexibility index (Phi) is 12.0. The number of carbonyl (C=O) groups excluding carboxylic acids is 4. The summed E-state index contributed by atoms with van der Waals surface area (Å²) in [4.78, 5) is 64.9. The maximum Gasteiger partial charge on any atom is 0.573 e. The summed E-state index contributed by atoms with van der Waals surface area (Å²) in [7, 11) is -4.23. The van der Waals surface area contributed by atoms with Gasteiger partial charge in [-0.25, -0.2) is 32.0 Å². The minimum Gasteiger partial charge on any atom is -0.471 e. The van der Waals surface area contributed by atoms with Crippen LogP contribution in [0.25, 0.3) is 11.0 Å². The molecule has 62 heavy (non-hydrogen) atoms. The first kappa shape index (κ1) is 45.2. The molecule has 15 nitrogen and oxygen atoms in total. The number of hydrogen-bond acceptors (Lipinski definition) is 12. The first-order valence-corrected chi connectivity index (χ1v) is 21.5. The molecule has 4 fully saturated rings. The monoisotopic (exact) mass is 907 g/mol. The van der Waals surface area contributed by atoms with E-state index < -0.39 is 160 Å². The Morgan fingerprint density at radius 1 is 1.03 bits per heavy atom. The van der Waals surface area contributed by atoms with E-state index in [2.05, 4.69) is 20.0 Å². The lowest BCUT2D eigenvalue weighted by molar-refractivity contribution is -0.274. The van der Waals surface area contributed by atoms with Crippen LogP contribution in [0.2, 0.25) is 0 Å². The number of Topliss-reactive ketones (excluding diaryl/α,β-unsaturated/α-hetero) is 1. The van der Waals surface area contributed by atoms with E-state index in [1.165, 1.54) is 0 Å². The molecule has 7 atom stereocenters. The van der Waals surface area contributed by atoms with E-state index in [0.717, 1.165) is 29.2 Å². The van der Waals surface area contributed by atoms with Crippen LogP contribution in [0.3, 0.4) is 0 Å². The van der Waals surface area contributed by atoms with Gasteiger partial charge in [-0.15, -0.1) is 13.2 Å². The van der Waals surface area contributed by atoms with E-state index in [9.17, 15) is 49.5 Å². The molecule has 1 aromatic carbocycles. The number of nitrogens with one attached hydrogen (secondary N) is 2. The van der Waals surface area contributed by atoms with Crippen LogP contribution in [0, 0.1) is 16.7 Å². The van der Waals surface area contributed by atoms with E-state index in [1.54, 1.807) is 20.8 Å². The molecule has 0 radical (unpaired) electrons. The number of ether oxygens (including phenoxy) is 4. The summed E-state index contributed by atoms with van der Waals surface area (Å²) >= 11 is 0. The molecule has 23 heteroatoms. The highest BCUT2D eigenvalue weighted by atomic mass is 32.2. The highest BCUT2D eigenvalue weighted by molar-refractivity contribution is 7.90. The maximum absolute atomic E-state index is 16.2. The largest absolute Gasteiger partial charge is 0.573 e. The lowest BCUT2D eigenvalue weighted by Crippen LogP contribution is -2.57. The molecule has 3 heterocycles. The van der Waals surface area contributed by atoms with Crippen LogP contribution in [0.1, 0.15) is 77.8 Å². The Balaban J connectivity index is 1.28. The van der Waals surface area contributed by atoms with Gasteiger partial charge in [0.1, 0.15) is 24.0 Å². The Bertz CT molecular complexity index is 2250. The van der Waals surface area contributed by atoms with Gasteiger partial charge < -0.3 is 29.2 Å². The topological polar surface area (TPSA) is 192 Å². The molecule has 3 amide bonds. The summed E-state index contributed by atoms with van der Waals surface area (Å²) in [5.74, 6) is -10.5. The number of halogens is 7. The molecular weight excluding hydrogens is 864 g/mol. The van der Waals surface area contributed by atoms with Gasteiger partial charge in [0.15, 0.2) is 11.5 Å². The molecule has 1 saturated heterocycles. The third kappa shape index (κ3) is 9.71. The van der Waals surface area contributed by atoms with Crippen molar-refractivity contribution in [2.24, 2.45) is 16.7 Å². The third-order valence-electron chi connectivity index (χ3n) is 11.7. The minimum atomic E-state index is -5.13. The fraction of sp³-hybridized carbons (Fsp3) is 0.641. The summed E-state index contributed by atoms with van der Waals surface area (Å²) in [6.07, 6.45) is -11.1. The second-order valence-electron chi connectivity index (χ2n) is 17.4. The van der Waals surface area contributed by atoms with Crippen LogP contribution < -0.4 is 19.5 Å². The Labute approximate surface area is 350 Å². The normalized spacial score (nSPS) is 30.0. The molecule has 3 aliphatic carbocycles. The van der Waals surface area contributed by atoms with Crippen LogP contribution in [-0.4, -0.2) is 109 Å². The minimum absolute atomic E-state index is 0.217. The van der Waals surface area contributed by atoms with Crippen LogP contribution in [-0.2, 0) is 39.8 Å². The number of allylic oxidation sites excluding steroid dienone is 1. The fourth-order valence-electron chi connectivity index (χ4n) is 8.21. The van der Waals surface area contributed by atoms with E-state index in [4.69, 9.17) is 14.2 Å². The molecule has 0 unspecified atom stereocenters. The van der Waals surface area contributed by atoms with Gasteiger partial charge in [-0.2, -0.15) is 8.78 Å². The highest BCUT2D eigenvalue weighted by Crippen LogP contribution is 2.59. The molecule has 2 N–H and O–H groups in total. The first-order chi connectivity index (χ1) is 28.9. The van der Waals surface area contributed by atoms with Crippen LogP contribution in [0.15, 0.2) is 30.4 Å². The molecule has 7 rings (SSSR count). The number of sulfonamides is 1. The smallest absolute Gasteiger partial charge is 0.471 e. The average Bonchev–Trinajstić information content (AvgIpc) is 4.06. The van der Waals surface area contributed by atoms with Gasteiger partial charge in [0.25, 0.3) is 0 Å².